The maximum Gasteiger partial charge on any atom is 0.258 e. The first-order chi connectivity index (χ1) is 11.8. The summed E-state index contributed by atoms with van der Waals surface area (Å²) < 4.78 is 0. The van der Waals surface area contributed by atoms with Crippen LogP contribution in [0.4, 0.5) is 5.82 Å². The van der Waals surface area contributed by atoms with Crippen LogP contribution in [0.1, 0.15) is 5.56 Å². The molecule has 0 unspecified atom stereocenters. The third kappa shape index (κ3) is 2.88. The molecule has 1 saturated heterocycles. The Morgan fingerprint density at radius 2 is 1.79 bits per heavy atom. The summed E-state index contributed by atoms with van der Waals surface area (Å²) in [5.41, 5.74) is 1.89. The number of hydrogen-bond acceptors (Lipinski definition) is 5. The maximum atomic E-state index is 11.9. The predicted octanol–water partition coefficient (Wildman–Crippen LogP) is 1.64. The van der Waals surface area contributed by atoms with Gasteiger partial charge in [0, 0.05) is 38.9 Å². The normalized spacial score (nSPS) is 15.8. The average Bonchev–Trinajstić information content (AvgIpc) is 2.63. The summed E-state index contributed by atoms with van der Waals surface area (Å²) in [5, 5.41) is 0.592. The number of nitrogens with one attached hydrogen (secondary N) is 1. The molecule has 0 amide bonds. The SMILES string of the molecule is O=c1[nH]cnc2c(N3CCN(Cc4ccccc4)CC3)nccc12. The van der Waals surface area contributed by atoms with Gasteiger partial charge >= 0.3 is 0 Å². The molecule has 1 N–H and O–H groups in total. The summed E-state index contributed by atoms with van der Waals surface area (Å²) in [7, 11) is 0. The number of fused-ring (bicyclic) bond motifs is 1. The lowest BCUT2D eigenvalue weighted by Gasteiger charge is -2.35. The summed E-state index contributed by atoms with van der Waals surface area (Å²) in [6.07, 6.45) is 3.13. The molecule has 0 aliphatic carbocycles. The van der Waals surface area contributed by atoms with E-state index in [1.807, 2.05) is 6.07 Å². The summed E-state index contributed by atoms with van der Waals surface area (Å²) >= 11 is 0. The lowest BCUT2D eigenvalue weighted by Crippen LogP contribution is -2.46. The zero-order valence-electron chi connectivity index (χ0n) is 13.4. The molecule has 3 heterocycles. The van der Waals surface area contributed by atoms with E-state index >= 15 is 0 Å². The highest BCUT2D eigenvalue weighted by atomic mass is 16.1. The van der Waals surface area contributed by atoms with Gasteiger partial charge in [-0.3, -0.25) is 9.69 Å². The van der Waals surface area contributed by atoms with E-state index in [0.29, 0.717) is 10.9 Å². The summed E-state index contributed by atoms with van der Waals surface area (Å²) in [6.45, 7) is 4.67. The van der Waals surface area contributed by atoms with Crippen LogP contribution in [0.5, 0.6) is 0 Å². The molecule has 6 nitrogen and oxygen atoms in total. The van der Waals surface area contributed by atoms with Crippen molar-refractivity contribution in [2.75, 3.05) is 31.1 Å². The number of pyridine rings is 1. The molecule has 2 aromatic heterocycles. The monoisotopic (exact) mass is 321 g/mol. The fourth-order valence-electron chi connectivity index (χ4n) is 3.18. The molecule has 0 radical (unpaired) electrons. The Labute approximate surface area is 139 Å². The number of nitrogens with zero attached hydrogens (tertiary/aromatic N) is 4. The third-order valence-corrected chi connectivity index (χ3v) is 4.46. The Morgan fingerprint density at radius 1 is 1.00 bits per heavy atom. The molecule has 0 saturated carbocycles. The number of benzene rings is 1. The van der Waals surface area contributed by atoms with Gasteiger partial charge in [0.25, 0.3) is 5.56 Å². The predicted molar refractivity (Wildman–Crippen MR) is 94.1 cm³/mol. The number of aromatic nitrogens is 3. The van der Waals surface area contributed by atoms with Crippen LogP contribution in [0.15, 0.2) is 53.7 Å². The smallest absolute Gasteiger partial charge is 0.258 e. The summed E-state index contributed by atoms with van der Waals surface area (Å²) in [4.78, 5) is 28.0. The lowest BCUT2D eigenvalue weighted by molar-refractivity contribution is 0.249. The number of rotatable bonds is 3. The second-order valence-corrected chi connectivity index (χ2v) is 6.01. The van der Waals surface area contributed by atoms with Crippen molar-refractivity contribution in [2.24, 2.45) is 0 Å². The highest BCUT2D eigenvalue weighted by molar-refractivity contribution is 5.87. The number of piperazine rings is 1. The standard InChI is InChI=1S/C18H19N5O/c24-18-15-6-7-19-17(16(15)20-13-21-18)23-10-8-22(9-11-23)12-14-4-2-1-3-5-14/h1-7,13H,8-12H2,(H,20,21,24). The van der Waals surface area contributed by atoms with E-state index < -0.39 is 0 Å². The van der Waals surface area contributed by atoms with Crippen LogP contribution in [0.25, 0.3) is 10.9 Å². The Kier molecular flexibility index (Phi) is 3.96. The van der Waals surface area contributed by atoms with Crippen LogP contribution in [0, 0.1) is 0 Å². The van der Waals surface area contributed by atoms with E-state index in [2.05, 4.69) is 49.0 Å². The third-order valence-electron chi connectivity index (χ3n) is 4.46. The molecule has 24 heavy (non-hydrogen) atoms. The van der Waals surface area contributed by atoms with Crippen LogP contribution in [-0.2, 0) is 6.54 Å². The van der Waals surface area contributed by atoms with E-state index in [-0.39, 0.29) is 5.56 Å². The van der Waals surface area contributed by atoms with Crippen molar-refractivity contribution in [3.8, 4) is 0 Å². The van der Waals surface area contributed by atoms with Crippen LogP contribution < -0.4 is 10.5 Å². The van der Waals surface area contributed by atoms with Gasteiger partial charge in [-0.25, -0.2) is 9.97 Å². The highest BCUT2D eigenvalue weighted by Crippen LogP contribution is 2.21. The zero-order valence-corrected chi connectivity index (χ0v) is 13.4. The molecule has 1 fully saturated rings. The van der Waals surface area contributed by atoms with Gasteiger partial charge in [-0.05, 0) is 11.6 Å². The number of H-pyrrole nitrogens is 1. The van der Waals surface area contributed by atoms with Gasteiger partial charge in [0.15, 0.2) is 5.82 Å². The molecule has 1 aliphatic rings. The number of hydrogen-bond donors (Lipinski definition) is 1. The Bertz CT molecular complexity index is 885. The van der Waals surface area contributed by atoms with Crippen molar-refractivity contribution in [3.63, 3.8) is 0 Å². The minimum atomic E-state index is -0.119. The van der Waals surface area contributed by atoms with Crippen molar-refractivity contribution in [1.29, 1.82) is 0 Å². The molecule has 4 rings (SSSR count). The first-order valence-electron chi connectivity index (χ1n) is 8.15. The van der Waals surface area contributed by atoms with Crippen LogP contribution in [0.2, 0.25) is 0 Å². The van der Waals surface area contributed by atoms with Crippen molar-refractivity contribution >= 4 is 16.7 Å². The van der Waals surface area contributed by atoms with Gasteiger partial charge in [0.2, 0.25) is 0 Å². The second-order valence-electron chi connectivity index (χ2n) is 6.01. The van der Waals surface area contributed by atoms with Gasteiger partial charge in [-0.2, -0.15) is 0 Å². The van der Waals surface area contributed by atoms with Gasteiger partial charge in [-0.15, -0.1) is 0 Å². The molecule has 6 heteroatoms. The molecule has 0 spiro atoms. The minimum Gasteiger partial charge on any atom is -0.352 e. The van der Waals surface area contributed by atoms with Crippen molar-refractivity contribution < 1.29 is 0 Å². The molecule has 122 valence electrons. The quantitative estimate of drug-likeness (QED) is 0.794. The number of aromatic amines is 1. The zero-order chi connectivity index (χ0) is 16.4. The first-order valence-corrected chi connectivity index (χ1v) is 8.15. The molecule has 1 aliphatic heterocycles. The summed E-state index contributed by atoms with van der Waals surface area (Å²) in [6, 6.07) is 12.2. The van der Waals surface area contributed by atoms with Crippen molar-refractivity contribution in [3.05, 3.63) is 64.8 Å². The largest absolute Gasteiger partial charge is 0.352 e. The maximum absolute atomic E-state index is 11.9. The minimum absolute atomic E-state index is 0.119. The van der Waals surface area contributed by atoms with E-state index in [9.17, 15) is 4.79 Å². The van der Waals surface area contributed by atoms with Crippen LogP contribution in [-0.4, -0.2) is 46.0 Å². The second kappa shape index (κ2) is 6.41. The number of anilines is 1. The molecule has 1 aromatic carbocycles. The van der Waals surface area contributed by atoms with Gasteiger partial charge in [0.1, 0.15) is 5.52 Å². The fraction of sp³-hybridized carbons (Fsp3) is 0.278. The first kappa shape index (κ1) is 14.8. The Hall–Kier alpha value is -2.73. The van der Waals surface area contributed by atoms with Crippen LogP contribution in [0.3, 0.4) is 0 Å². The molecule has 0 atom stereocenters. The topological polar surface area (TPSA) is 65.1 Å². The lowest BCUT2D eigenvalue weighted by atomic mass is 10.2. The van der Waals surface area contributed by atoms with Gasteiger partial charge in [0.05, 0.1) is 11.7 Å². The Balaban J connectivity index is 1.50. The summed E-state index contributed by atoms with van der Waals surface area (Å²) in [5.74, 6) is 0.804. The van der Waals surface area contributed by atoms with Gasteiger partial charge in [-0.1, -0.05) is 30.3 Å². The van der Waals surface area contributed by atoms with Crippen LogP contribution >= 0.6 is 0 Å². The molecular weight excluding hydrogens is 302 g/mol. The van der Waals surface area contributed by atoms with E-state index in [1.54, 1.807) is 12.3 Å². The Morgan fingerprint density at radius 3 is 2.58 bits per heavy atom. The van der Waals surface area contributed by atoms with Crippen molar-refractivity contribution in [2.45, 2.75) is 6.54 Å². The average molecular weight is 321 g/mol. The van der Waals surface area contributed by atoms with E-state index in [0.717, 1.165) is 38.5 Å². The molecular formula is C18H19N5O. The highest BCUT2D eigenvalue weighted by Gasteiger charge is 2.20. The van der Waals surface area contributed by atoms with Crippen molar-refractivity contribution in [1.82, 2.24) is 19.9 Å². The molecule has 3 aromatic rings. The molecule has 0 bridgehead atoms. The van der Waals surface area contributed by atoms with E-state index in [4.69, 9.17) is 0 Å². The van der Waals surface area contributed by atoms with Gasteiger partial charge < -0.3 is 9.88 Å². The fourth-order valence-corrected chi connectivity index (χ4v) is 3.18. The van der Waals surface area contributed by atoms with E-state index in [1.165, 1.54) is 11.9 Å².